The minimum atomic E-state index is -0.779. The van der Waals surface area contributed by atoms with Gasteiger partial charge < -0.3 is 5.11 Å². The number of carbonyl (C=O) groups is 2. The van der Waals surface area contributed by atoms with Crippen LogP contribution in [-0.2, 0) is 4.79 Å². The maximum Gasteiger partial charge on any atom is 0.306 e. The number of carboxylic acid groups (broad SMARTS) is 1. The zero-order valence-electron chi connectivity index (χ0n) is 11.1. The van der Waals surface area contributed by atoms with E-state index >= 15 is 0 Å². The Labute approximate surface area is 117 Å². The Hall–Kier alpha value is -2.16. The smallest absolute Gasteiger partial charge is 0.306 e. The molecule has 2 aromatic carbocycles. The summed E-state index contributed by atoms with van der Waals surface area (Å²) in [6.07, 6.45) is 1.76. The van der Waals surface area contributed by atoms with E-state index < -0.39 is 5.97 Å². The quantitative estimate of drug-likeness (QED) is 0.866. The van der Waals surface area contributed by atoms with Crippen LogP contribution in [0.15, 0.2) is 42.5 Å². The van der Waals surface area contributed by atoms with Crippen LogP contribution in [0.4, 0.5) is 0 Å². The van der Waals surface area contributed by atoms with E-state index in [1.807, 2.05) is 42.5 Å². The summed E-state index contributed by atoms with van der Waals surface area (Å²) >= 11 is 0. The highest BCUT2D eigenvalue weighted by molar-refractivity contribution is 6.09. The molecule has 1 N–H and O–H groups in total. The molecule has 3 nitrogen and oxygen atoms in total. The lowest BCUT2D eigenvalue weighted by Gasteiger charge is -2.11. The predicted octanol–water partition coefficient (Wildman–Crippen LogP) is 3.52. The second-order valence-electron chi connectivity index (χ2n) is 5.44. The van der Waals surface area contributed by atoms with Crippen molar-refractivity contribution in [1.29, 1.82) is 0 Å². The van der Waals surface area contributed by atoms with E-state index in [1.54, 1.807) is 0 Å². The minimum absolute atomic E-state index is 0.0885. The third kappa shape index (κ3) is 2.20. The van der Waals surface area contributed by atoms with Gasteiger partial charge in [0.05, 0.1) is 5.92 Å². The first-order chi connectivity index (χ1) is 9.66. The van der Waals surface area contributed by atoms with Crippen LogP contribution in [-0.4, -0.2) is 16.9 Å². The lowest BCUT2D eigenvalue weighted by molar-refractivity contribution is -0.141. The van der Waals surface area contributed by atoms with Crippen molar-refractivity contribution in [1.82, 2.24) is 0 Å². The van der Waals surface area contributed by atoms with Gasteiger partial charge in [0.15, 0.2) is 5.78 Å². The van der Waals surface area contributed by atoms with Gasteiger partial charge in [-0.05, 0) is 30.0 Å². The summed E-state index contributed by atoms with van der Waals surface area (Å²) in [5, 5.41) is 11.0. The molecule has 0 spiro atoms. The Kier molecular flexibility index (Phi) is 3.26. The summed E-state index contributed by atoms with van der Waals surface area (Å²) in [5.41, 5.74) is 0.721. The van der Waals surface area contributed by atoms with E-state index in [9.17, 15) is 9.59 Å². The third-order valence-electron chi connectivity index (χ3n) is 4.21. The lowest BCUT2D eigenvalue weighted by Crippen LogP contribution is -2.15. The molecule has 3 rings (SSSR count). The molecule has 1 aliphatic rings. The van der Waals surface area contributed by atoms with Gasteiger partial charge in [-0.2, -0.15) is 0 Å². The number of benzene rings is 2. The fourth-order valence-electron chi connectivity index (χ4n) is 3.10. The second-order valence-corrected chi connectivity index (χ2v) is 5.44. The Bertz CT molecular complexity index is 669. The first kappa shape index (κ1) is 12.9. The number of aliphatic carboxylic acids is 1. The second kappa shape index (κ2) is 5.08. The molecule has 0 radical (unpaired) electrons. The van der Waals surface area contributed by atoms with Gasteiger partial charge in [0.25, 0.3) is 0 Å². The predicted molar refractivity (Wildman–Crippen MR) is 76.7 cm³/mol. The fraction of sp³-hybridized carbons (Fsp3) is 0.294. The number of hydrogen-bond acceptors (Lipinski definition) is 2. The van der Waals surface area contributed by atoms with Gasteiger partial charge >= 0.3 is 5.97 Å². The molecule has 3 heteroatoms. The van der Waals surface area contributed by atoms with E-state index in [0.29, 0.717) is 19.3 Å². The molecule has 2 aromatic rings. The molecular formula is C17H16O3. The molecular weight excluding hydrogens is 252 g/mol. The molecule has 0 saturated heterocycles. The molecule has 20 heavy (non-hydrogen) atoms. The van der Waals surface area contributed by atoms with E-state index in [2.05, 4.69) is 0 Å². The molecule has 0 aliphatic heterocycles. The van der Waals surface area contributed by atoms with Gasteiger partial charge in [-0.15, -0.1) is 0 Å². The average Bonchev–Trinajstić information content (AvgIpc) is 2.96. The number of carboxylic acids is 1. The first-order valence-corrected chi connectivity index (χ1v) is 6.91. The van der Waals surface area contributed by atoms with Crippen molar-refractivity contribution >= 4 is 22.5 Å². The minimum Gasteiger partial charge on any atom is -0.481 e. The van der Waals surface area contributed by atoms with Crippen molar-refractivity contribution in [2.24, 2.45) is 11.8 Å². The highest BCUT2D eigenvalue weighted by Crippen LogP contribution is 2.34. The van der Waals surface area contributed by atoms with Crippen LogP contribution in [0.5, 0.6) is 0 Å². The largest absolute Gasteiger partial charge is 0.481 e. The van der Waals surface area contributed by atoms with Crippen LogP contribution in [0.25, 0.3) is 10.8 Å². The Morgan fingerprint density at radius 1 is 0.950 bits per heavy atom. The highest BCUT2D eigenvalue weighted by Gasteiger charge is 2.34. The molecule has 0 aromatic heterocycles. The van der Waals surface area contributed by atoms with Gasteiger partial charge in [-0.3, -0.25) is 9.59 Å². The zero-order chi connectivity index (χ0) is 14.1. The lowest BCUT2D eigenvalue weighted by atomic mass is 9.92. The van der Waals surface area contributed by atoms with Crippen LogP contribution >= 0.6 is 0 Å². The number of carbonyl (C=O) groups excluding carboxylic acids is 1. The van der Waals surface area contributed by atoms with E-state index in [-0.39, 0.29) is 17.6 Å². The summed E-state index contributed by atoms with van der Waals surface area (Å²) < 4.78 is 0. The number of Topliss-reactive ketones (excluding diaryl/α,β-unsaturated/α-hetero) is 1. The molecule has 0 amide bonds. The van der Waals surface area contributed by atoms with Crippen molar-refractivity contribution in [3.05, 3.63) is 48.0 Å². The maximum atomic E-state index is 12.6. The standard InChI is InChI=1S/C17H16O3/c18-16(12-8-9-13(10-12)17(19)20)15-7-3-5-11-4-1-2-6-14(11)15/h1-7,12-13H,8-10H2,(H,19,20). The van der Waals surface area contributed by atoms with E-state index in [1.165, 1.54) is 0 Å². The molecule has 1 aliphatic carbocycles. The van der Waals surface area contributed by atoms with Crippen molar-refractivity contribution in [3.63, 3.8) is 0 Å². The molecule has 102 valence electrons. The topological polar surface area (TPSA) is 54.4 Å². The number of rotatable bonds is 3. The molecule has 2 unspecified atom stereocenters. The van der Waals surface area contributed by atoms with Crippen LogP contribution < -0.4 is 0 Å². The summed E-state index contributed by atoms with van der Waals surface area (Å²) in [6, 6.07) is 13.5. The molecule has 1 fully saturated rings. The Balaban J connectivity index is 1.92. The van der Waals surface area contributed by atoms with Gasteiger partial charge in [-0.25, -0.2) is 0 Å². The van der Waals surface area contributed by atoms with Crippen LogP contribution in [0, 0.1) is 11.8 Å². The van der Waals surface area contributed by atoms with Crippen LogP contribution in [0.3, 0.4) is 0 Å². The van der Waals surface area contributed by atoms with Crippen molar-refractivity contribution in [2.45, 2.75) is 19.3 Å². The van der Waals surface area contributed by atoms with Crippen LogP contribution in [0.1, 0.15) is 29.6 Å². The van der Waals surface area contributed by atoms with E-state index in [4.69, 9.17) is 5.11 Å². The fourth-order valence-corrected chi connectivity index (χ4v) is 3.10. The first-order valence-electron chi connectivity index (χ1n) is 6.91. The van der Waals surface area contributed by atoms with Crippen molar-refractivity contribution in [3.8, 4) is 0 Å². The Morgan fingerprint density at radius 3 is 2.40 bits per heavy atom. The van der Waals surface area contributed by atoms with E-state index in [0.717, 1.165) is 16.3 Å². The van der Waals surface area contributed by atoms with Crippen molar-refractivity contribution in [2.75, 3.05) is 0 Å². The monoisotopic (exact) mass is 268 g/mol. The zero-order valence-corrected chi connectivity index (χ0v) is 11.1. The van der Waals surface area contributed by atoms with Gasteiger partial charge in [0.2, 0.25) is 0 Å². The van der Waals surface area contributed by atoms with Crippen molar-refractivity contribution < 1.29 is 14.7 Å². The van der Waals surface area contributed by atoms with Gasteiger partial charge in [0.1, 0.15) is 0 Å². The Morgan fingerprint density at radius 2 is 1.65 bits per heavy atom. The number of hydrogen-bond donors (Lipinski definition) is 1. The average molecular weight is 268 g/mol. The SMILES string of the molecule is O=C(O)C1CCC(C(=O)c2cccc3ccccc23)C1. The third-order valence-corrected chi connectivity index (χ3v) is 4.21. The number of ketones is 1. The summed E-state index contributed by atoms with van der Waals surface area (Å²) in [6.45, 7) is 0. The summed E-state index contributed by atoms with van der Waals surface area (Å²) in [7, 11) is 0. The molecule has 0 heterocycles. The molecule has 0 bridgehead atoms. The summed E-state index contributed by atoms with van der Waals surface area (Å²) in [5.74, 6) is -1.20. The molecule has 1 saturated carbocycles. The highest BCUT2D eigenvalue weighted by atomic mass is 16.4. The number of fused-ring (bicyclic) bond motifs is 1. The maximum absolute atomic E-state index is 12.6. The van der Waals surface area contributed by atoms with Gasteiger partial charge in [0, 0.05) is 11.5 Å². The normalized spacial score (nSPS) is 22.0. The molecule has 2 atom stereocenters. The van der Waals surface area contributed by atoms with Crippen LogP contribution in [0.2, 0.25) is 0 Å². The summed E-state index contributed by atoms with van der Waals surface area (Å²) in [4.78, 5) is 23.6. The van der Waals surface area contributed by atoms with Gasteiger partial charge in [-0.1, -0.05) is 42.5 Å².